The predicted molar refractivity (Wildman–Crippen MR) is 107 cm³/mol. The van der Waals surface area contributed by atoms with Crippen molar-refractivity contribution >= 4 is 34.7 Å². The minimum absolute atomic E-state index is 0.000283. The van der Waals surface area contributed by atoms with Gasteiger partial charge in [0.25, 0.3) is 5.91 Å². The Kier molecular flexibility index (Phi) is 5.56. The fourth-order valence-corrected chi connectivity index (χ4v) is 3.72. The fraction of sp³-hybridized carbons (Fsp3) is 0.0556. The highest BCUT2D eigenvalue weighted by atomic mass is 35.5. The molecule has 0 aliphatic rings. The van der Waals surface area contributed by atoms with Gasteiger partial charge in [-0.05, 0) is 29.7 Å². The molecule has 4 aromatic rings. The van der Waals surface area contributed by atoms with Crippen molar-refractivity contribution in [3.05, 3.63) is 64.0 Å². The Morgan fingerprint density at radius 2 is 1.94 bits per heavy atom. The second-order valence-electron chi connectivity index (χ2n) is 6.05. The number of amides is 1. The van der Waals surface area contributed by atoms with Crippen molar-refractivity contribution in [3.8, 4) is 23.3 Å². The molecule has 9 nitrogen and oxygen atoms in total. The second-order valence-corrected chi connectivity index (χ2v) is 7.23. The number of nitrogens with one attached hydrogen (secondary N) is 1. The number of rotatable bonds is 4. The molecule has 0 unspecified atom stereocenters. The van der Waals surface area contributed by atoms with Gasteiger partial charge in [0, 0.05) is 6.20 Å². The lowest BCUT2D eigenvalue weighted by molar-refractivity contribution is -0.137. The zero-order valence-electron chi connectivity index (χ0n) is 15.5. The van der Waals surface area contributed by atoms with Crippen LogP contribution in [0.2, 0.25) is 5.02 Å². The summed E-state index contributed by atoms with van der Waals surface area (Å²) in [5.41, 5.74) is -2.00. The van der Waals surface area contributed by atoms with E-state index in [9.17, 15) is 23.2 Å². The van der Waals surface area contributed by atoms with E-state index in [2.05, 4.69) is 29.9 Å². The van der Waals surface area contributed by atoms with Gasteiger partial charge >= 0.3 is 6.18 Å². The Balaban J connectivity index is 1.70. The maximum absolute atomic E-state index is 13.8. The molecule has 160 valence electrons. The third-order valence-corrected chi connectivity index (χ3v) is 5.17. The van der Waals surface area contributed by atoms with Crippen molar-refractivity contribution < 1.29 is 18.0 Å². The fourth-order valence-electron chi connectivity index (χ4n) is 2.71. The first-order chi connectivity index (χ1) is 15.3. The monoisotopic (exact) mass is 476 g/mol. The van der Waals surface area contributed by atoms with Crippen molar-refractivity contribution in [2.75, 3.05) is 5.32 Å². The highest BCUT2D eigenvalue weighted by Gasteiger charge is 2.42. The maximum atomic E-state index is 13.8. The topological polar surface area (TPSA) is 122 Å². The number of nitrogens with zero attached hydrogens (tertiary/aromatic N) is 7. The summed E-state index contributed by atoms with van der Waals surface area (Å²) < 4.78 is 45.3. The second kappa shape index (κ2) is 8.33. The SMILES string of the molecule is N#Cc1cc(NC(=O)c2snc(-c3ncccc3Cl)c2C(F)(F)F)cnc1-n1nccn1. The lowest BCUT2D eigenvalue weighted by Gasteiger charge is -2.11. The number of carbonyl (C=O) groups is 1. The van der Waals surface area contributed by atoms with E-state index in [1.54, 1.807) is 0 Å². The van der Waals surface area contributed by atoms with Crippen molar-refractivity contribution in [2.24, 2.45) is 0 Å². The number of hydrogen-bond donors (Lipinski definition) is 1. The third kappa shape index (κ3) is 4.01. The molecule has 0 aliphatic heterocycles. The van der Waals surface area contributed by atoms with Gasteiger partial charge in [0.2, 0.25) is 0 Å². The van der Waals surface area contributed by atoms with Crippen LogP contribution in [0.5, 0.6) is 0 Å². The van der Waals surface area contributed by atoms with E-state index in [4.69, 9.17) is 11.6 Å². The minimum atomic E-state index is -4.90. The molecule has 32 heavy (non-hydrogen) atoms. The Morgan fingerprint density at radius 1 is 1.19 bits per heavy atom. The van der Waals surface area contributed by atoms with Gasteiger partial charge in [0.1, 0.15) is 33.5 Å². The van der Waals surface area contributed by atoms with Crippen LogP contribution < -0.4 is 5.32 Å². The van der Waals surface area contributed by atoms with Gasteiger partial charge in [-0.25, -0.2) is 4.98 Å². The molecule has 14 heteroatoms. The van der Waals surface area contributed by atoms with Crippen LogP contribution in [0.3, 0.4) is 0 Å². The number of alkyl halides is 3. The summed E-state index contributed by atoms with van der Waals surface area (Å²) in [5.74, 6) is -0.986. The number of nitriles is 1. The Hall–Kier alpha value is -3.89. The van der Waals surface area contributed by atoms with Crippen LogP contribution in [0.15, 0.2) is 43.0 Å². The average Bonchev–Trinajstić information content (AvgIpc) is 3.44. The van der Waals surface area contributed by atoms with Gasteiger partial charge in [-0.15, -0.1) is 4.80 Å². The highest BCUT2D eigenvalue weighted by molar-refractivity contribution is 7.08. The maximum Gasteiger partial charge on any atom is 0.420 e. The molecular formula is C18H8ClF3N8OS. The molecule has 0 aliphatic carbocycles. The molecule has 1 N–H and O–H groups in total. The Labute approximate surface area is 186 Å². The van der Waals surface area contributed by atoms with Gasteiger partial charge in [-0.1, -0.05) is 11.6 Å². The number of aromatic nitrogens is 6. The van der Waals surface area contributed by atoms with E-state index < -0.39 is 28.2 Å². The van der Waals surface area contributed by atoms with E-state index in [0.717, 1.165) is 4.80 Å². The van der Waals surface area contributed by atoms with E-state index in [-0.39, 0.29) is 27.8 Å². The molecule has 0 saturated carbocycles. The molecule has 0 bridgehead atoms. The lowest BCUT2D eigenvalue weighted by atomic mass is 10.1. The van der Waals surface area contributed by atoms with Crippen molar-refractivity contribution in [1.29, 1.82) is 5.26 Å². The van der Waals surface area contributed by atoms with Crippen LogP contribution in [0.4, 0.5) is 18.9 Å². The zero-order valence-corrected chi connectivity index (χ0v) is 17.1. The summed E-state index contributed by atoms with van der Waals surface area (Å²) in [6.07, 6.45) is 0.300. The average molecular weight is 477 g/mol. The molecule has 4 heterocycles. The van der Waals surface area contributed by atoms with E-state index in [1.807, 2.05) is 6.07 Å². The first kappa shape index (κ1) is 21.3. The standard InChI is InChI=1S/C18H8ClF3N8OS/c19-11-2-1-3-24-13(11)14-12(18(20,21)22)15(32-29-14)17(31)28-10-6-9(7-23)16(25-8-10)30-26-4-5-27-30/h1-6,8H,(H,28,31). The molecule has 0 aromatic carbocycles. The van der Waals surface area contributed by atoms with E-state index in [1.165, 1.54) is 43.0 Å². The number of halogens is 4. The normalized spacial score (nSPS) is 11.2. The molecule has 0 atom stereocenters. The first-order valence-corrected chi connectivity index (χ1v) is 9.70. The van der Waals surface area contributed by atoms with E-state index in [0.29, 0.717) is 11.5 Å². The van der Waals surface area contributed by atoms with Crippen LogP contribution in [0.25, 0.3) is 17.2 Å². The molecule has 4 rings (SSSR count). The smallest absolute Gasteiger partial charge is 0.320 e. The minimum Gasteiger partial charge on any atom is -0.320 e. The number of hydrogen-bond acceptors (Lipinski definition) is 8. The molecule has 0 fully saturated rings. The number of carbonyl (C=O) groups excluding carboxylic acids is 1. The van der Waals surface area contributed by atoms with Crippen LogP contribution >= 0.6 is 23.1 Å². The van der Waals surface area contributed by atoms with Crippen LogP contribution in [0, 0.1) is 11.3 Å². The summed E-state index contributed by atoms with van der Waals surface area (Å²) in [5, 5.41) is 19.4. The van der Waals surface area contributed by atoms with Crippen LogP contribution in [-0.2, 0) is 6.18 Å². The Bertz CT molecular complexity index is 1350. The number of anilines is 1. The largest absolute Gasteiger partial charge is 0.420 e. The molecule has 4 aromatic heterocycles. The molecule has 0 saturated heterocycles. The number of pyridine rings is 2. The lowest BCUT2D eigenvalue weighted by Crippen LogP contribution is -2.17. The quantitative estimate of drug-likeness (QED) is 0.472. The van der Waals surface area contributed by atoms with Gasteiger partial charge in [-0.3, -0.25) is 9.78 Å². The first-order valence-electron chi connectivity index (χ1n) is 8.55. The van der Waals surface area contributed by atoms with Gasteiger partial charge < -0.3 is 5.32 Å². The van der Waals surface area contributed by atoms with Gasteiger partial charge in [0.15, 0.2) is 5.82 Å². The van der Waals surface area contributed by atoms with Gasteiger partial charge in [0.05, 0.1) is 29.3 Å². The summed E-state index contributed by atoms with van der Waals surface area (Å²) in [6.45, 7) is 0. The van der Waals surface area contributed by atoms with Gasteiger partial charge in [-0.2, -0.15) is 33.0 Å². The van der Waals surface area contributed by atoms with Crippen LogP contribution in [-0.4, -0.2) is 35.2 Å². The van der Waals surface area contributed by atoms with Crippen LogP contribution in [0.1, 0.15) is 20.8 Å². The molecule has 1 amide bonds. The van der Waals surface area contributed by atoms with Crippen molar-refractivity contribution in [3.63, 3.8) is 0 Å². The summed E-state index contributed by atoms with van der Waals surface area (Å²) in [7, 11) is 0. The molecular weight excluding hydrogens is 469 g/mol. The zero-order chi connectivity index (χ0) is 22.9. The third-order valence-electron chi connectivity index (χ3n) is 4.02. The van der Waals surface area contributed by atoms with E-state index >= 15 is 0 Å². The van der Waals surface area contributed by atoms with Crippen molar-refractivity contribution in [2.45, 2.75) is 6.18 Å². The van der Waals surface area contributed by atoms with Crippen molar-refractivity contribution in [1.82, 2.24) is 29.3 Å². The summed E-state index contributed by atoms with van der Waals surface area (Å²) in [6, 6.07) is 5.95. The Morgan fingerprint density at radius 3 is 2.59 bits per heavy atom. The predicted octanol–water partition coefficient (Wildman–Crippen LogP) is 3.98. The molecule has 0 radical (unpaired) electrons. The summed E-state index contributed by atoms with van der Waals surface area (Å²) >= 11 is 6.33. The summed E-state index contributed by atoms with van der Waals surface area (Å²) in [4.78, 5) is 21.0. The molecule has 0 spiro atoms. The highest BCUT2D eigenvalue weighted by Crippen LogP contribution is 2.42.